The van der Waals surface area contributed by atoms with Crippen molar-refractivity contribution in [2.75, 3.05) is 86.1 Å². The van der Waals surface area contributed by atoms with Gasteiger partial charge in [-0.2, -0.15) is 4.98 Å². The Balaban J connectivity index is 0.000000172. The first-order valence-corrected chi connectivity index (χ1v) is 24.1. The topological polar surface area (TPSA) is 150 Å². The molecule has 6 aromatic rings. The Morgan fingerprint density at radius 2 is 1.01 bits per heavy atom. The third-order valence-corrected chi connectivity index (χ3v) is 13.4. The fourth-order valence-electron chi connectivity index (χ4n) is 9.57. The second-order valence-corrected chi connectivity index (χ2v) is 22.1. The van der Waals surface area contributed by atoms with Crippen LogP contribution in [0.15, 0.2) is 84.9 Å². The Bertz CT molecular complexity index is 2930. The summed E-state index contributed by atoms with van der Waals surface area (Å²) in [5.74, 6) is 2.08. The molecule has 4 fully saturated rings. The number of hydrogen-bond acceptors (Lipinski definition) is 13. The minimum absolute atomic E-state index is 0.161. The van der Waals surface area contributed by atoms with Crippen molar-refractivity contribution < 1.29 is 19.1 Å². The van der Waals surface area contributed by atoms with Gasteiger partial charge in [-0.1, -0.05) is 35.3 Å². The van der Waals surface area contributed by atoms with Crippen molar-refractivity contribution in [1.82, 2.24) is 29.7 Å². The predicted octanol–water partition coefficient (Wildman–Crippen LogP) is 10.3. The monoisotopic (exact) mass is 993 g/mol. The molecule has 2 spiro atoms. The van der Waals surface area contributed by atoms with Gasteiger partial charge in [-0.05, 0) is 126 Å². The van der Waals surface area contributed by atoms with E-state index in [0.29, 0.717) is 21.4 Å². The average molecular weight is 995 g/mol. The number of carbonyl (C=O) groups excluding carboxylic acids is 2. The zero-order chi connectivity index (χ0) is 49.2. The maximum absolute atomic E-state index is 12.3. The smallest absolute Gasteiger partial charge is 0.410 e. The van der Waals surface area contributed by atoms with Crippen LogP contribution in [0.1, 0.15) is 47.4 Å². The summed E-state index contributed by atoms with van der Waals surface area (Å²) in [5, 5.41) is 3.20. The Morgan fingerprint density at radius 3 is 1.43 bits per heavy atom. The number of nitrogens with zero attached hydrogens (tertiary/aromatic N) is 10. The van der Waals surface area contributed by atoms with Gasteiger partial charge in [0.2, 0.25) is 5.28 Å². The third-order valence-electron chi connectivity index (χ3n) is 12.8. The quantitative estimate of drug-likeness (QED) is 0.151. The van der Waals surface area contributed by atoms with E-state index in [1.807, 2.05) is 103 Å². The first kappa shape index (κ1) is 48.2. The lowest BCUT2D eigenvalue weighted by Crippen LogP contribution is -2.73. The summed E-state index contributed by atoms with van der Waals surface area (Å²) in [6.45, 7) is 18.3. The molecule has 4 saturated heterocycles. The van der Waals surface area contributed by atoms with Crippen LogP contribution in [0.25, 0.3) is 21.8 Å². The largest absolute Gasteiger partial charge is 0.444 e. The van der Waals surface area contributed by atoms with Crippen molar-refractivity contribution in [2.24, 2.45) is 16.6 Å². The zero-order valence-electron chi connectivity index (χ0n) is 40.3. The van der Waals surface area contributed by atoms with Gasteiger partial charge < -0.3 is 44.6 Å². The van der Waals surface area contributed by atoms with Gasteiger partial charge in [0, 0.05) is 121 Å². The van der Waals surface area contributed by atoms with Crippen molar-refractivity contribution >= 4 is 103 Å². The summed E-state index contributed by atoms with van der Waals surface area (Å²) < 4.78 is 11.0. The number of likely N-dealkylation sites (tertiary alicyclic amines) is 2. The van der Waals surface area contributed by atoms with Crippen LogP contribution in [-0.4, -0.2) is 120 Å². The molecule has 4 aliphatic heterocycles. The minimum Gasteiger partial charge on any atom is -0.444 e. The molecule has 18 heteroatoms. The molecule has 2 aromatic heterocycles. The van der Waals surface area contributed by atoms with Gasteiger partial charge in [0.25, 0.3) is 0 Å². The number of rotatable bonds is 7. The summed E-state index contributed by atoms with van der Waals surface area (Å²) in [5.41, 5.74) is 11.0. The number of nitrogens with two attached hydrogens (primary N) is 1. The summed E-state index contributed by atoms with van der Waals surface area (Å²) in [6.07, 6.45) is -0.447. The van der Waals surface area contributed by atoms with Crippen LogP contribution in [-0.2, 0) is 16.0 Å². The van der Waals surface area contributed by atoms with E-state index >= 15 is 0 Å². The predicted molar refractivity (Wildman–Crippen MR) is 276 cm³/mol. The van der Waals surface area contributed by atoms with Crippen LogP contribution in [0, 0.1) is 10.8 Å². The first-order chi connectivity index (χ1) is 32.6. The fraction of sp³-hybridized carbons (Fsp3) is 0.412. The van der Waals surface area contributed by atoms with E-state index in [4.69, 9.17) is 55.0 Å². The number of carbonyl (C=O) groups is 2. The number of amides is 2. The molecule has 0 bridgehead atoms. The molecule has 69 heavy (non-hydrogen) atoms. The third kappa shape index (κ3) is 10.2. The molecule has 0 aliphatic carbocycles. The van der Waals surface area contributed by atoms with Crippen LogP contribution < -0.4 is 25.3 Å². The van der Waals surface area contributed by atoms with E-state index in [0.717, 1.165) is 103 Å². The molecule has 2 N–H and O–H groups in total. The first-order valence-electron chi connectivity index (χ1n) is 23.0. The van der Waals surface area contributed by atoms with Crippen molar-refractivity contribution in [3.05, 3.63) is 106 Å². The molecule has 4 aliphatic rings. The lowest BCUT2D eigenvalue weighted by atomic mass is 9.73. The van der Waals surface area contributed by atoms with Gasteiger partial charge in [-0.3, -0.25) is 0 Å². The molecule has 10 rings (SSSR count). The van der Waals surface area contributed by atoms with Crippen molar-refractivity contribution in [1.29, 1.82) is 0 Å². The Kier molecular flexibility index (Phi) is 12.7. The molecular formula is C51H58Cl3N11O4. The van der Waals surface area contributed by atoms with Crippen LogP contribution >= 0.6 is 34.8 Å². The Hall–Kier alpha value is -5.87. The van der Waals surface area contributed by atoms with Crippen molar-refractivity contribution in [3.63, 3.8) is 0 Å². The molecule has 362 valence electrons. The summed E-state index contributed by atoms with van der Waals surface area (Å²) in [4.78, 5) is 55.0. The highest BCUT2D eigenvalue weighted by atomic mass is 35.5. The van der Waals surface area contributed by atoms with Crippen LogP contribution in [0.4, 0.5) is 44.0 Å². The van der Waals surface area contributed by atoms with E-state index in [-0.39, 0.29) is 34.8 Å². The van der Waals surface area contributed by atoms with E-state index in [9.17, 15) is 9.59 Å². The van der Waals surface area contributed by atoms with Gasteiger partial charge in [0.05, 0.1) is 17.6 Å². The lowest BCUT2D eigenvalue weighted by Gasteiger charge is -2.60. The molecule has 0 atom stereocenters. The molecule has 0 unspecified atom stereocenters. The summed E-state index contributed by atoms with van der Waals surface area (Å²) >= 11 is 18.5. The number of halogens is 3. The molecule has 4 aromatic carbocycles. The SMILES string of the molecule is CN(c1cccc(N2CC3(CN(C(=O)OC(C)(C)C)C3)C2)c1)c1nc(CN)nc2cc(Cl)ccc12.CN(c1cccc(N2CC3(CN(C(=O)OC(C)(C)C)C3)C2)c1)c1nc(Cl)nc2cc(Cl)ccc12. The Morgan fingerprint density at radius 1 is 0.594 bits per heavy atom. The highest BCUT2D eigenvalue weighted by Crippen LogP contribution is 2.45. The Labute approximate surface area is 418 Å². The lowest BCUT2D eigenvalue weighted by molar-refractivity contribution is -0.0456. The summed E-state index contributed by atoms with van der Waals surface area (Å²) in [7, 11) is 3.96. The maximum atomic E-state index is 12.3. The van der Waals surface area contributed by atoms with Crippen LogP contribution in [0.3, 0.4) is 0 Å². The van der Waals surface area contributed by atoms with E-state index in [1.165, 1.54) is 0 Å². The second kappa shape index (κ2) is 18.1. The number of aromatic nitrogens is 4. The number of benzene rings is 4. The number of anilines is 6. The van der Waals surface area contributed by atoms with Crippen molar-refractivity contribution in [3.8, 4) is 0 Å². The van der Waals surface area contributed by atoms with Crippen LogP contribution in [0.5, 0.6) is 0 Å². The van der Waals surface area contributed by atoms with E-state index < -0.39 is 11.2 Å². The van der Waals surface area contributed by atoms with Gasteiger partial charge in [-0.15, -0.1) is 0 Å². The van der Waals surface area contributed by atoms with Crippen LogP contribution in [0.2, 0.25) is 15.3 Å². The molecule has 15 nitrogen and oxygen atoms in total. The van der Waals surface area contributed by atoms with E-state index in [1.54, 1.807) is 15.9 Å². The zero-order valence-corrected chi connectivity index (χ0v) is 42.5. The molecule has 0 radical (unpaired) electrons. The van der Waals surface area contributed by atoms with Gasteiger partial charge in [0.15, 0.2) is 0 Å². The standard InChI is InChI=1S/C26H31ClN6O2.C25H27Cl2N5O2/c1-25(2,3)35-24(34)33-15-26(16-33)13-32(14-26)19-7-5-6-18(11-19)31(4)23-20-9-8-17(27)10-21(20)29-22(12-28)30-23;1-24(2,3)34-23(33)32-14-25(15-32)12-31(13-25)18-7-5-6-17(11-18)30(4)21-19-9-8-16(26)10-20(19)28-22(27)29-21/h5-11H,12-16,28H2,1-4H3;5-11H,12-15H2,1-4H3. The van der Waals surface area contributed by atoms with Gasteiger partial charge in [-0.25, -0.2) is 24.5 Å². The number of ether oxygens (including phenoxy) is 2. The molecular weight excluding hydrogens is 937 g/mol. The number of hydrogen-bond donors (Lipinski definition) is 1. The molecule has 2 amide bonds. The number of fused-ring (bicyclic) bond motifs is 2. The highest BCUT2D eigenvalue weighted by Gasteiger charge is 2.55. The van der Waals surface area contributed by atoms with Gasteiger partial charge in [0.1, 0.15) is 28.7 Å². The maximum Gasteiger partial charge on any atom is 0.410 e. The summed E-state index contributed by atoms with van der Waals surface area (Å²) in [6, 6.07) is 27.9. The van der Waals surface area contributed by atoms with E-state index in [2.05, 4.69) is 66.0 Å². The second-order valence-electron chi connectivity index (χ2n) is 20.8. The fourth-order valence-corrected chi connectivity index (χ4v) is 10.1. The average Bonchev–Trinajstić information content (AvgIpc) is 3.22. The van der Waals surface area contributed by atoms with Gasteiger partial charge >= 0.3 is 12.2 Å². The normalized spacial score (nSPS) is 16.8. The molecule has 6 heterocycles. The van der Waals surface area contributed by atoms with Crippen molar-refractivity contribution in [2.45, 2.75) is 59.3 Å². The molecule has 0 saturated carbocycles. The highest BCUT2D eigenvalue weighted by molar-refractivity contribution is 6.32. The minimum atomic E-state index is -0.469.